The van der Waals surface area contributed by atoms with Crippen LogP contribution in [0.2, 0.25) is 5.02 Å². The highest BCUT2D eigenvalue weighted by Gasteiger charge is 2.08. The smallest absolute Gasteiger partial charge is 0.0489 e. The minimum atomic E-state index is 0.138. The lowest BCUT2D eigenvalue weighted by Crippen LogP contribution is -2.36. The van der Waals surface area contributed by atoms with Crippen LogP contribution in [-0.2, 0) is 0 Å². The zero-order valence-corrected chi connectivity index (χ0v) is 13.1. The molecule has 0 aliphatic heterocycles. The number of hydrogen-bond donors (Lipinski definition) is 1. The van der Waals surface area contributed by atoms with Crippen molar-refractivity contribution < 1.29 is 0 Å². The summed E-state index contributed by atoms with van der Waals surface area (Å²) in [6.07, 6.45) is 2.12. The summed E-state index contributed by atoms with van der Waals surface area (Å²) < 4.78 is 1.00. The molecule has 17 heavy (non-hydrogen) atoms. The van der Waals surface area contributed by atoms with Gasteiger partial charge in [0.2, 0.25) is 0 Å². The molecule has 0 fully saturated rings. The van der Waals surface area contributed by atoms with Crippen molar-refractivity contribution in [3.05, 3.63) is 38.8 Å². The Labute approximate surface area is 117 Å². The third-order valence-corrected chi connectivity index (χ3v) is 3.08. The van der Waals surface area contributed by atoms with Crippen molar-refractivity contribution in [2.24, 2.45) is 0 Å². The molecule has 0 radical (unpaired) electrons. The largest absolute Gasteiger partial charge is 0.308 e. The van der Waals surface area contributed by atoms with Crippen LogP contribution in [0.4, 0.5) is 0 Å². The fraction of sp³-hybridized carbons (Fsp3) is 0.429. The molecule has 1 aromatic carbocycles. The Morgan fingerprint density at radius 2 is 2.06 bits per heavy atom. The maximum atomic E-state index is 6.17. The molecule has 0 amide bonds. The standard InChI is InChI=1S/C14H19BrClN/c1-10(9-17-14(2,3)4)7-11-5-6-12(15)8-13(11)16/h5-8,17H,9H2,1-4H3/b10-7-. The molecule has 0 aliphatic rings. The summed E-state index contributed by atoms with van der Waals surface area (Å²) in [4.78, 5) is 0. The summed E-state index contributed by atoms with van der Waals surface area (Å²) in [7, 11) is 0. The number of rotatable bonds is 3. The molecule has 0 aromatic heterocycles. The van der Waals surface area contributed by atoms with Crippen molar-refractivity contribution in [1.29, 1.82) is 0 Å². The lowest BCUT2D eigenvalue weighted by molar-refractivity contribution is 0.445. The van der Waals surface area contributed by atoms with Crippen LogP contribution in [0, 0.1) is 0 Å². The number of hydrogen-bond acceptors (Lipinski definition) is 1. The predicted molar refractivity (Wildman–Crippen MR) is 80.6 cm³/mol. The molecule has 0 heterocycles. The van der Waals surface area contributed by atoms with E-state index in [0.29, 0.717) is 0 Å². The van der Waals surface area contributed by atoms with Gasteiger partial charge in [0.25, 0.3) is 0 Å². The minimum absolute atomic E-state index is 0.138. The first-order valence-electron chi connectivity index (χ1n) is 5.65. The summed E-state index contributed by atoms with van der Waals surface area (Å²) in [5, 5.41) is 4.22. The van der Waals surface area contributed by atoms with Crippen molar-refractivity contribution in [3.63, 3.8) is 0 Å². The van der Waals surface area contributed by atoms with Crippen LogP contribution in [0.3, 0.4) is 0 Å². The third kappa shape index (κ3) is 5.71. The first-order valence-corrected chi connectivity index (χ1v) is 6.82. The number of halogens is 2. The van der Waals surface area contributed by atoms with Crippen LogP contribution in [-0.4, -0.2) is 12.1 Å². The Morgan fingerprint density at radius 1 is 1.41 bits per heavy atom. The van der Waals surface area contributed by atoms with Gasteiger partial charge in [-0.1, -0.05) is 45.2 Å². The normalized spacial score (nSPS) is 12.9. The molecule has 0 bridgehead atoms. The topological polar surface area (TPSA) is 12.0 Å². The van der Waals surface area contributed by atoms with E-state index < -0.39 is 0 Å². The summed E-state index contributed by atoms with van der Waals surface area (Å²) in [6, 6.07) is 5.94. The molecule has 0 aliphatic carbocycles. The van der Waals surface area contributed by atoms with Crippen molar-refractivity contribution in [1.82, 2.24) is 5.32 Å². The Kier molecular flexibility index (Phi) is 5.23. The van der Waals surface area contributed by atoms with Crippen molar-refractivity contribution >= 4 is 33.6 Å². The fourth-order valence-corrected chi connectivity index (χ4v) is 2.07. The van der Waals surface area contributed by atoms with E-state index in [1.165, 1.54) is 5.57 Å². The minimum Gasteiger partial charge on any atom is -0.308 e. The highest BCUT2D eigenvalue weighted by Crippen LogP contribution is 2.23. The Bertz CT molecular complexity index is 419. The van der Waals surface area contributed by atoms with Crippen LogP contribution in [0.15, 0.2) is 28.2 Å². The molecule has 0 saturated carbocycles. The van der Waals surface area contributed by atoms with Gasteiger partial charge in [-0.15, -0.1) is 0 Å². The van der Waals surface area contributed by atoms with Crippen LogP contribution in [0.5, 0.6) is 0 Å². The molecule has 1 nitrogen and oxygen atoms in total. The number of nitrogens with one attached hydrogen (secondary N) is 1. The molecule has 94 valence electrons. The fourth-order valence-electron chi connectivity index (χ4n) is 1.34. The van der Waals surface area contributed by atoms with Gasteiger partial charge in [-0.3, -0.25) is 0 Å². The van der Waals surface area contributed by atoms with Crippen LogP contribution in [0.1, 0.15) is 33.3 Å². The van der Waals surface area contributed by atoms with Crippen LogP contribution in [0.25, 0.3) is 6.08 Å². The Hall–Kier alpha value is -0.310. The van der Waals surface area contributed by atoms with Gasteiger partial charge in [-0.25, -0.2) is 0 Å². The molecule has 3 heteroatoms. The van der Waals surface area contributed by atoms with E-state index in [9.17, 15) is 0 Å². The van der Waals surface area contributed by atoms with E-state index in [2.05, 4.69) is 55.0 Å². The zero-order valence-electron chi connectivity index (χ0n) is 10.8. The van der Waals surface area contributed by atoms with E-state index >= 15 is 0 Å². The van der Waals surface area contributed by atoms with E-state index in [1.807, 2.05) is 18.2 Å². The first kappa shape index (κ1) is 14.7. The van der Waals surface area contributed by atoms with Gasteiger partial charge in [0, 0.05) is 21.6 Å². The summed E-state index contributed by atoms with van der Waals surface area (Å²) in [5.41, 5.74) is 2.46. The second kappa shape index (κ2) is 6.03. The van der Waals surface area contributed by atoms with Crippen molar-refractivity contribution in [2.45, 2.75) is 33.2 Å². The molecular weight excluding hydrogens is 298 g/mol. The van der Waals surface area contributed by atoms with Crippen LogP contribution >= 0.6 is 27.5 Å². The first-order chi connectivity index (χ1) is 7.78. The molecule has 1 aromatic rings. The van der Waals surface area contributed by atoms with E-state index in [-0.39, 0.29) is 5.54 Å². The van der Waals surface area contributed by atoms with Crippen molar-refractivity contribution in [2.75, 3.05) is 6.54 Å². The molecule has 0 unspecified atom stereocenters. The molecule has 1 N–H and O–H groups in total. The maximum Gasteiger partial charge on any atom is 0.0489 e. The summed E-state index contributed by atoms with van der Waals surface area (Å²) in [5.74, 6) is 0. The van der Waals surface area contributed by atoms with E-state index in [1.54, 1.807) is 0 Å². The van der Waals surface area contributed by atoms with Crippen LogP contribution < -0.4 is 5.32 Å². The van der Waals surface area contributed by atoms with E-state index in [0.717, 1.165) is 21.6 Å². The van der Waals surface area contributed by atoms with Gasteiger partial charge in [0.05, 0.1) is 0 Å². The molecule has 1 rings (SSSR count). The lowest BCUT2D eigenvalue weighted by Gasteiger charge is -2.20. The van der Waals surface area contributed by atoms with Gasteiger partial charge >= 0.3 is 0 Å². The molecular formula is C14H19BrClN. The monoisotopic (exact) mass is 315 g/mol. The van der Waals surface area contributed by atoms with E-state index in [4.69, 9.17) is 11.6 Å². The molecule has 0 atom stereocenters. The van der Waals surface area contributed by atoms with Gasteiger partial charge in [-0.05, 0) is 45.4 Å². The maximum absolute atomic E-state index is 6.17. The lowest BCUT2D eigenvalue weighted by atomic mass is 10.1. The predicted octanol–water partition coefficient (Wildman–Crippen LogP) is 4.89. The van der Waals surface area contributed by atoms with Crippen molar-refractivity contribution in [3.8, 4) is 0 Å². The summed E-state index contributed by atoms with van der Waals surface area (Å²) >= 11 is 9.57. The Balaban J connectivity index is 2.74. The average molecular weight is 317 g/mol. The van der Waals surface area contributed by atoms with Gasteiger partial charge < -0.3 is 5.32 Å². The molecule has 0 saturated heterocycles. The van der Waals surface area contributed by atoms with Gasteiger partial charge in [-0.2, -0.15) is 0 Å². The highest BCUT2D eigenvalue weighted by molar-refractivity contribution is 9.10. The van der Waals surface area contributed by atoms with Gasteiger partial charge in [0.15, 0.2) is 0 Å². The SMILES string of the molecule is C/C(=C/c1ccc(Br)cc1Cl)CNC(C)(C)C. The van der Waals surface area contributed by atoms with Gasteiger partial charge in [0.1, 0.15) is 0 Å². The third-order valence-electron chi connectivity index (χ3n) is 2.26. The quantitative estimate of drug-likeness (QED) is 0.837. The summed E-state index contributed by atoms with van der Waals surface area (Å²) in [6.45, 7) is 9.46. The second-order valence-corrected chi connectivity index (χ2v) is 6.58. The average Bonchev–Trinajstić information content (AvgIpc) is 2.18. The highest BCUT2D eigenvalue weighted by atomic mass is 79.9. The second-order valence-electron chi connectivity index (χ2n) is 5.26. The Morgan fingerprint density at radius 3 is 2.59 bits per heavy atom. The number of benzene rings is 1. The zero-order chi connectivity index (χ0) is 13.1. The molecule has 0 spiro atoms.